The van der Waals surface area contributed by atoms with E-state index in [0.717, 1.165) is 4.47 Å². The third kappa shape index (κ3) is 5.49. The van der Waals surface area contributed by atoms with E-state index in [-0.39, 0.29) is 6.04 Å². The predicted molar refractivity (Wildman–Crippen MR) is 75.0 cm³/mol. The number of aliphatic imine (C=N–C) groups is 1. The van der Waals surface area contributed by atoms with Crippen molar-refractivity contribution in [3.63, 3.8) is 0 Å². The summed E-state index contributed by atoms with van der Waals surface area (Å²) < 4.78 is 6.10. The van der Waals surface area contributed by atoms with E-state index < -0.39 is 0 Å². The fourth-order valence-corrected chi connectivity index (χ4v) is 2.63. The molecule has 0 radical (unpaired) electrons. The van der Waals surface area contributed by atoms with Crippen molar-refractivity contribution in [2.75, 3.05) is 13.7 Å². The number of hydrogen-bond donors (Lipinski definition) is 3. The fraction of sp³-hybridized carbons (Fsp3) is 0.500. The van der Waals surface area contributed by atoms with Crippen LogP contribution in [0.2, 0.25) is 0 Å². The van der Waals surface area contributed by atoms with Crippen molar-refractivity contribution >= 4 is 33.2 Å². The fourth-order valence-electron chi connectivity index (χ4n) is 1.25. The summed E-state index contributed by atoms with van der Waals surface area (Å²) in [6.45, 7) is 3.20. The quantitative estimate of drug-likeness (QED) is 0.332. The molecule has 0 amide bonds. The average Bonchev–Trinajstić information content (AvgIpc) is 2.70. The van der Waals surface area contributed by atoms with Crippen molar-refractivity contribution in [2.45, 2.75) is 19.5 Å². The second-order valence-corrected chi connectivity index (χ2v) is 5.45. The predicted octanol–water partition coefficient (Wildman–Crippen LogP) is 1.45. The zero-order chi connectivity index (χ0) is 12.7. The van der Waals surface area contributed by atoms with Gasteiger partial charge in [0, 0.05) is 27.9 Å². The Balaban J connectivity index is 2.49. The summed E-state index contributed by atoms with van der Waals surface area (Å²) >= 11 is 5.06. The first-order chi connectivity index (χ1) is 8.15. The van der Waals surface area contributed by atoms with Crippen LogP contribution in [-0.2, 0) is 11.3 Å². The number of nitrogens with two attached hydrogens (primary N) is 1. The molecule has 1 unspecified atom stereocenters. The van der Waals surface area contributed by atoms with Gasteiger partial charge in [-0.25, -0.2) is 10.8 Å². The number of rotatable bonds is 5. The first-order valence-electron chi connectivity index (χ1n) is 5.15. The van der Waals surface area contributed by atoms with Crippen LogP contribution < -0.4 is 16.6 Å². The second kappa shape index (κ2) is 7.65. The zero-order valence-corrected chi connectivity index (χ0v) is 12.3. The van der Waals surface area contributed by atoms with Gasteiger partial charge in [-0.3, -0.25) is 5.43 Å². The largest absolute Gasteiger partial charge is 0.383 e. The van der Waals surface area contributed by atoms with Gasteiger partial charge in [0.1, 0.15) is 0 Å². The lowest BCUT2D eigenvalue weighted by molar-refractivity contribution is 0.179. The van der Waals surface area contributed by atoms with Crippen LogP contribution in [0.15, 0.2) is 20.9 Å². The maximum Gasteiger partial charge on any atom is 0.206 e. The lowest BCUT2D eigenvalue weighted by Crippen LogP contribution is -2.46. The van der Waals surface area contributed by atoms with Gasteiger partial charge < -0.3 is 10.1 Å². The molecule has 0 fully saturated rings. The van der Waals surface area contributed by atoms with Crippen molar-refractivity contribution in [1.82, 2.24) is 10.7 Å². The number of methoxy groups -OCH3 is 1. The van der Waals surface area contributed by atoms with Crippen molar-refractivity contribution in [1.29, 1.82) is 0 Å². The molecule has 0 spiro atoms. The molecule has 1 rings (SSSR count). The van der Waals surface area contributed by atoms with E-state index in [1.54, 1.807) is 18.4 Å². The number of hydrogen-bond acceptors (Lipinski definition) is 4. The van der Waals surface area contributed by atoms with Crippen LogP contribution in [0, 0.1) is 0 Å². The highest BCUT2D eigenvalue weighted by atomic mass is 79.9. The summed E-state index contributed by atoms with van der Waals surface area (Å²) in [5.41, 5.74) is 2.54. The molecule has 0 aromatic carbocycles. The van der Waals surface area contributed by atoms with Gasteiger partial charge in [0.05, 0.1) is 13.2 Å². The minimum Gasteiger partial charge on any atom is -0.383 e. The highest BCUT2D eigenvalue weighted by Crippen LogP contribution is 2.20. The average molecular weight is 321 g/mol. The number of nitrogens with one attached hydrogen (secondary N) is 2. The molecule has 0 aliphatic carbocycles. The lowest BCUT2D eigenvalue weighted by Gasteiger charge is -2.15. The first-order valence-corrected chi connectivity index (χ1v) is 6.82. The van der Waals surface area contributed by atoms with Crippen LogP contribution in [0.5, 0.6) is 0 Å². The van der Waals surface area contributed by atoms with E-state index in [0.29, 0.717) is 19.1 Å². The Hall–Kier alpha value is -0.630. The molecule has 1 atom stereocenters. The Bertz CT molecular complexity index is 369. The molecule has 96 valence electrons. The minimum atomic E-state index is 0.157. The Kier molecular flexibility index (Phi) is 6.49. The number of hydrazine groups is 1. The molecular weight excluding hydrogens is 304 g/mol. The maximum atomic E-state index is 5.40. The third-order valence-electron chi connectivity index (χ3n) is 1.95. The van der Waals surface area contributed by atoms with Crippen molar-refractivity contribution in [3.05, 3.63) is 20.8 Å². The zero-order valence-electron chi connectivity index (χ0n) is 9.87. The Morgan fingerprint density at radius 1 is 1.71 bits per heavy atom. The molecule has 1 aromatic heterocycles. The van der Waals surface area contributed by atoms with Gasteiger partial charge in [-0.1, -0.05) is 0 Å². The molecular formula is C10H17BrN4OS. The Labute approximate surface area is 114 Å². The summed E-state index contributed by atoms with van der Waals surface area (Å²) in [7, 11) is 1.66. The summed E-state index contributed by atoms with van der Waals surface area (Å²) in [5.74, 6) is 5.97. The summed E-state index contributed by atoms with van der Waals surface area (Å²) in [6, 6.07) is 2.20. The van der Waals surface area contributed by atoms with E-state index in [1.165, 1.54) is 4.88 Å². The first kappa shape index (κ1) is 14.4. The van der Waals surface area contributed by atoms with E-state index in [9.17, 15) is 0 Å². The molecule has 0 bridgehead atoms. The number of thiophene rings is 1. The smallest absolute Gasteiger partial charge is 0.206 e. The normalized spacial score (nSPS) is 13.5. The van der Waals surface area contributed by atoms with Gasteiger partial charge in [-0.05, 0) is 28.9 Å². The lowest BCUT2D eigenvalue weighted by atomic mass is 10.4. The highest BCUT2D eigenvalue weighted by Gasteiger charge is 2.04. The molecule has 0 saturated heterocycles. The van der Waals surface area contributed by atoms with E-state index >= 15 is 0 Å². The molecule has 17 heavy (non-hydrogen) atoms. The van der Waals surface area contributed by atoms with Crippen LogP contribution in [0.1, 0.15) is 11.8 Å². The van der Waals surface area contributed by atoms with Crippen LogP contribution >= 0.6 is 27.3 Å². The van der Waals surface area contributed by atoms with Gasteiger partial charge in [-0.15, -0.1) is 11.3 Å². The van der Waals surface area contributed by atoms with Gasteiger partial charge in [0.25, 0.3) is 0 Å². The Morgan fingerprint density at radius 3 is 3.00 bits per heavy atom. The number of nitrogens with zero attached hydrogens (tertiary/aromatic N) is 1. The molecule has 0 saturated carbocycles. The Morgan fingerprint density at radius 2 is 2.47 bits per heavy atom. The second-order valence-electron chi connectivity index (χ2n) is 3.54. The standard InChI is InChI=1S/C10H17BrN4OS/c1-7(5-16-2)14-10(15-12)13-4-9-3-8(11)6-17-9/h3,6-7H,4-5,12H2,1-2H3,(H2,13,14,15). The molecule has 0 aliphatic heterocycles. The SMILES string of the molecule is COCC(C)NC(=NCc1cc(Br)cs1)NN. The third-order valence-corrected chi connectivity index (χ3v) is 3.63. The van der Waals surface area contributed by atoms with Crippen LogP contribution in [0.3, 0.4) is 0 Å². The molecule has 4 N–H and O–H groups in total. The van der Waals surface area contributed by atoms with Gasteiger partial charge in [0.2, 0.25) is 5.96 Å². The van der Waals surface area contributed by atoms with Gasteiger partial charge in [-0.2, -0.15) is 0 Å². The van der Waals surface area contributed by atoms with Crippen LogP contribution in [-0.4, -0.2) is 25.7 Å². The molecule has 1 heterocycles. The van der Waals surface area contributed by atoms with E-state index in [1.807, 2.05) is 18.4 Å². The van der Waals surface area contributed by atoms with Crippen molar-refractivity contribution < 1.29 is 4.74 Å². The van der Waals surface area contributed by atoms with Crippen molar-refractivity contribution in [3.8, 4) is 0 Å². The molecule has 1 aromatic rings. The minimum absolute atomic E-state index is 0.157. The number of ether oxygens (including phenoxy) is 1. The van der Waals surface area contributed by atoms with Crippen molar-refractivity contribution in [2.24, 2.45) is 10.8 Å². The summed E-state index contributed by atoms with van der Waals surface area (Å²) in [5, 5.41) is 5.16. The van der Waals surface area contributed by atoms with E-state index in [2.05, 4.69) is 31.7 Å². The molecule has 7 heteroatoms. The topological polar surface area (TPSA) is 71.7 Å². The number of guanidine groups is 1. The highest BCUT2D eigenvalue weighted by molar-refractivity contribution is 9.10. The maximum absolute atomic E-state index is 5.40. The van der Waals surface area contributed by atoms with Gasteiger partial charge >= 0.3 is 0 Å². The van der Waals surface area contributed by atoms with Crippen LogP contribution in [0.25, 0.3) is 0 Å². The van der Waals surface area contributed by atoms with E-state index in [4.69, 9.17) is 10.6 Å². The summed E-state index contributed by atoms with van der Waals surface area (Å²) in [4.78, 5) is 5.52. The van der Waals surface area contributed by atoms with Crippen LogP contribution in [0.4, 0.5) is 0 Å². The monoisotopic (exact) mass is 320 g/mol. The number of halogens is 1. The molecule has 5 nitrogen and oxygen atoms in total. The summed E-state index contributed by atoms with van der Waals surface area (Å²) in [6.07, 6.45) is 0. The molecule has 0 aliphatic rings. The van der Waals surface area contributed by atoms with Gasteiger partial charge in [0.15, 0.2) is 0 Å².